The van der Waals surface area contributed by atoms with Gasteiger partial charge in [-0.2, -0.15) is 0 Å². The maximum Gasteiger partial charge on any atom is 0.513 e. The van der Waals surface area contributed by atoms with Crippen molar-refractivity contribution in [2.45, 2.75) is 93.4 Å². The number of carbonyl (C=O) groups is 3. The van der Waals surface area contributed by atoms with E-state index in [1.54, 1.807) is 13.0 Å². The Morgan fingerprint density at radius 3 is 2.34 bits per heavy atom. The van der Waals surface area contributed by atoms with Crippen molar-refractivity contribution >= 4 is 17.9 Å². The molecule has 5 rings (SSSR count). The Morgan fingerprint density at radius 1 is 1.00 bits per heavy atom. The lowest BCUT2D eigenvalue weighted by Gasteiger charge is -2.70. The van der Waals surface area contributed by atoms with E-state index in [-0.39, 0.29) is 39.8 Å². The number of ether oxygens (including phenoxy) is 2. The fraction of sp³-hybridized carbons (Fsp3) is 0.656. The molecule has 38 heavy (non-hydrogen) atoms. The molecule has 3 fully saturated rings. The molecule has 0 spiro atoms. The third-order valence-electron chi connectivity index (χ3n) is 11.8. The predicted molar refractivity (Wildman–Crippen MR) is 144 cm³/mol. The van der Waals surface area contributed by atoms with Crippen LogP contribution >= 0.6 is 0 Å². The van der Waals surface area contributed by atoms with Crippen LogP contribution in [-0.2, 0) is 19.1 Å². The van der Waals surface area contributed by atoms with E-state index in [1.165, 1.54) is 5.57 Å². The first kappa shape index (κ1) is 27.0. The summed E-state index contributed by atoms with van der Waals surface area (Å²) in [5.41, 5.74) is 2.95. The highest BCUT2D eigenvalue weighted by Gasteiger charge is 2.67. The van der Waals surface area contributed by atoms with Gasteiger partial charge in [-0.1, -0.05) is 45.4 Å². The largest absolute Gasteiger partial charge is 0.513 e. The first-order valence-corrected chi connectivity index (χ1v) is 14.1. The average molecular weight is 523 g/mol. The molecule has 5 aliphatic rings. The molecule has 6 heteroatoms. The van der Waals surface area contributed by atoms with Gasteiger partial charge >= 0.3 is 12.1 Å². The molecule has 6 atom stereocenters. The number of carbonyl (C=O) groups excluding carboxylic acids is 2. The normalized spacial score (nSPS) is 41.9. The summed E-state index contributed by atoms with van der Waals surface area (Å²) in [7, 11) is 0. The van der Waals surface area contributed by atoms with E-state index in [0.29, 0.717) is 17.9 Å². The molecule has 5 aliphatic carbocycles. The molecule has 6 nitrogen and oxygen atoms in total. The summed E-state index contributed by atoms with van der Waals surface area (Å²) in [5, 5.41) is 10.1. The smallest absolute Gasteiger partial charge is 0.481 e. The minimum absolute atomic E-state index is 0.0364. The molecule has 1 unspecified atom stereocenters. The zero-order valence-electron chi connectivity index (χ0n) is 24.0. The van der Waals surface area contributed by atoms with Crippen LogP contribution < -0.4 is 0 Å². The van der Waals surface area contributed by atoms with Crippen LogP contribution in [0.1, 0.15) is 93.4 Å². The summed E-state index contributed by atoms with van der Waals surface area (Å²) in [4.78, 5) is 37.6. The number of allylic oxidation sites excluding steroid dienone is 7. The summed E-state index contributed by atoms with van der Waals surface area (Å²) in [6, 6.07) is 0. The minimum atomic E-state index is -0.863. The molecule has 0 aromatic carbocycles. The van der Waals surface area contributed by atoms with Crippen LogP contribution in [-0.4, -0.2) is 29.6 Å². The maximum absolute atomic E-state index is 13.2. The predicted octanol–water partition coefficient (Wildman–Crippen LogP) is 7.31. The highest BCUT2D eigenvalue weighted by Crippen LogP contribution is 2.75. The van der Waals surface area contributed by atoms with E-state index in [0.717, 1.165) is 49.7 Å². The number of carboxylic acid groups (broad SMARTS) is 1. The Hall–Kier alpha value is -2.63. The molecule has 0 aromatic rings. The fourth-order valence-corrected chi connectivity index (χ4v) is 9.00. The standard InChI is InChI=1S/C32H42O6/c1-8-37-27(36)38-25-19(2)20-9-10-23-30(5,21(20)17-22(25)33)14-16-32(7)24-18-29(4,26(34)35)12-11-28(24,3)13-15-31(23,32)6/h9-10,17,24H,8,11-16,18H2,1-7H3,(H,34,35)/t24?,28-,29-,30+,31-,32+/m1/s1. The first-order chi connectivity index (χ1) is 17.7. The second kappa shape index (κ2) is 8.43. The summed E-state index contributed by atoms with van der Waals surface area (Å²) in [6.07, 6.45) is 11.6. The molecule has 0 aliphatic heterocycles. The Bertz CT molecular complexity index is 1250. The van der Waals surface area contributed by atoms with Crippen molar-refractivity contribution in [2.24, 2.45) is 33.0 Å². The third-order valence-corrected chi connectivity index (χ3v) is 11.8. The number of hydrogen-bond donors (Lipinski definition) is 1. The average Bonchev–Trinajstić information content (AvgIpc) is 2.85. The van der Waals surface area contributed by atoms with E-state index >= 15 is 0 Å². The molecule has 206 valence electrons. The number of aliphatic carboxylic acids is 1. The second-order valence-corrected chi connectivity index (χ2v) is 13.7. The van der Waals surface area contributed by atoms with Crippen molar-refractivity contribution in [3.8, 4) is 0 Å². The maximum atomic E-state index is 13.2. The topological polar surface area (TPSA) is 89.9 Å². The molecule has 0 radical (unpaired) electrons. The van der Waals surface area contributed by atoms with Crippen LogP contribution in [0, 0.1) is 33.0 Å². The first-order valence-electron chi connectivity index (χ1n) is 14.1. The lowest BCUT2D eigenvalue weighted by Crippen LogP contribution is -2.62. The van der Waals surface area contributed by atoms with Crippen molar-refractivity contribution in [1.29, 1.82) is 0 Å². The Kier molecular flexibility index (Phi) is 5.98. The van der Waals surface area contributed by atoms with Gasteiger partial charge in [0.2, 0.25) is 5.78 Å². The van der Waals surface area contributed by atoms with Gasteiger partial charge in [-0.3, -0.25) is 9.59 Å². The van der Waals surface area contributed by atoms with Gasteiger partial charge in [-0.15, -0.1) is 0 Å². The van der Waals surface area contributed by atoms with Crippen LogP contribution in [0.25, 0.3) is 0 Å². The number of ketones is 1. The monoisotopic (exact) mass is 522 g/mol. The van der Waals surface area contributed by atoms with E-state index in [1.807, 2.05) is 13.8 Å². The van der Waals surface area contributed by atoms with Crippen LogP contribution in [0.3, 0.4) is 0 Å². The Labute approximate surface area is 226 Å². The molecule has 0 bridgehead atoms. The number of rotatable bonds is 3. The van der Waals surface area contributed by atoms with Crippen molar-refractivity contribution in [1.82, 2.24) is 0 Å². The Balaban J connectivity index is 1.58. The third kappa shape index (κ3) is 3.47. The lowest BCUT2D eigenvalue weighted by atomic mass is 9.34. The molecular weight excluding hydrogens is 480 g/mol. The molecule has 0 heterocycles. The molecular formula is C32H42O6. The summed E-state index contributed by atoms with van der Waals surface area (Å²) in [5.74, 6) is -0.624. The highest BCUT2D eigenvalue weighted by atomic mass is 16.7. The number of carboxylic acids is 1. The molecule has 1 N–H and O–H groups in total. The van der Waals surface area contributed by atoms with Gasteiger partial charge in [0.1, 0.15) is 0 Å². The summed E-state index contributed by atoms with van der Waals surface area (Å²) in [6.45, 7) is 15.1. The van der Waals surface area contributed by atoms with Crippen molar-refractivity contribution in [2.75, 3.05) is 6.61 Å². The van der Waals surface area contributed by atoms with E-state index < -0.39 is 17.5 Å². The summed E-state index contributed by atoms with van der Waals surface area (Å²) < 4.78 is 10.2. The van der Waals surface area contributed by atoms with Gasteiger partial charge in [-0.25, -0.2) is 4.79 Å². The lowest BCUT2D eigenvalue weighted by molar-refractivity contribution is -0.178. The highest BCUT2D eigenvalue weighted by molar-refractivity contribution is 6.08. The molecule has 0 aromatic heterocycles. The van der Waals surface area contributed by atoms with Crippen molar-refractivity contribution in [3.63, 3.8) is 0 Å². The zero-order chi connectivity index (χ0) is 27.9. The van der Waals surface area contributed by atoms with Crippen LogP contribution in [0.4, 0.5) is 4.79 Å². The molecule has 3 saturated carbocycles. The SMILES string of the molecule is CCOC(=O)OC1=C(C)C2=CC=C3[C@@](C)(CC[C@@]4(C)C5C[C@](C)(C(=O)O)CC[C@]5(C)CC[C@]34C)C2=CC1=O. The number of hydrogen-bond acceptors (Lipinski definition) is 5. The van der Waals surface area contributed by atoms with Crippen LogP contribution in [0.5, 0.6) is 0 Å². The molecule has 0 amide bonds. The van der Waals surface area contributed by atoms with Gasteiger partial charge in [0.25, 0.3) is 0 Å². The van der Waals surface area contributed by atoms with Gasteiger partial charge < -0.3 is 14.6 Å². The number of fused-ring (bicyclic) bond motifs is 7. The van der Waals surface area contributed by atoms with Gasteiger partial charge in [-0.05, 0) is 105 Å². The van der Waals surface area contributed by atoms with Gasteiger partial charge in [0, 0.05) is 11.0 Å². The van der Waals surface area contributed by atoms with Gasteiger partial charge in [0.15, 0.2) is 5.76 Å². The van der Waals surface area contributed by atoms with E-state index in [9.17, 15) is 19.5 Å². The van der Waals surface area contributed by atoms with Crippen LogP contribution in [0.2, 0.25) is 0 Å². The minimum Gasteiger partial charge on any atom is -0.481 e. The Morgan fingerprint density at radius 2 is 1.68 bits per heavy atom. The van der Waals surface area contributed by atoms with Crippen molar-refractivity contribution in [3.05, 3.63) is 46.3 Å². The fourth-order valence-electron chi connectivity index (χ4n) is 9.00. The quantitative estimate of drug-likeness (QED) is 0.391. The van der Waals surface area contributed by atoms with Gasteiger partial charge in [0.05, 0.1) is 12.0 Å². The zero-order valence-corrected chi connectivity index (χ0v) is 24.0. The molecule has 0 saturated heterocycles. The van der Waals surface area contributed by atoms with E-state index in [4.69, 9.17) is 9.47 Å². The van der Waals surface area contributed by atoms with E-state index in [2.05, 4.69) is 39.8 Å². The summed E-state index contributed by atoms with van der Waals surface area (Å²) >= 11 is 0. The second-order valence-electron chi connectivity index (χ2n) is 13.7. The van der Waals surface area contributed by atoms with Crippen LogP contribution in [0.15, 0.2) is 46.3 Å². The van der Waals surface area contributed by atoms with Crippen molar-refractivity contribution < 1.29 is 29.0 Å².